The maximum atomic E-state index is 10.3. The quantitative estimate of drug-likeness (QED) is 0.889. The molecule has 1 spiro atoms. The summed E-state index contributed by atoms with van der Waals surface area (Å²) in [5.41, 5.74) is 0.763. The van der Waals surface area contributed by atoms with Gasteiger partial charge in [-0.2, -0.15) is 0 Å². The predicted molar refractivity (Wildman–Crippen MR) is 76.8 cm³/mol. The average Bonchev–Trinajstić information content (AvgIpc) is 2.51. The van der Waals surface area contributed by atoms with E-state index in [9.17, 15) is 5.11 Å². The minimum absolute atomic E-state index is 0.310. The normalized spacial score (nSPS) is 25.9. The summed E-state index contributed by atoms with van der Waals surface area (Å²) in [5, 5.41) is 10.3. The Kier molecular flexibility index (Phi) is 3.89. The molecule has 1 atom stereocenters. The van der Waals surface area contributed by atoms with E-state index in [0.717, 1.165) is 63.3 Å². The fourth-order valence-corrected chi connectivity index (χ4v) is 3.26. The van der Waals surface area contributed by atoms with Crippen LogP contribution in [-0.4, -0.2) is 46.5 Å². The van der Waals surface area contributed by atoms with E-state index in [2.05, 4.69) is 27.9 Å². The van der Waals surface area contributed by atoms with Crippen LogP contribution in [0.3, 0.4) is 0 Å². The minimum atomic E-state index is -0.310. The van der Waals surface area contributed by atoms with Gasteiger partial charge in [0.05, 0.1) is 11.7 Å². The lowest BCUT2D eigenvalue weighted by atomic mass is 9.82. The van der Waals surface area contributed by atoms with Crippen LogP contribution in [0.1, 0.15) is 38.3 Å². The largest absolute Gasteiger partial charge is 0.390 e. The van der Waals surface area contributed by atoms with Gasteiger partial charge in [0, 0.05) is 31.5 Å². The third-order valence-electron chi connectivity index (χ3n) is 4.62. The van der Waals surface area contributed by atoms with Crippen molar-refractivity contribution in [3.05, 3.63) is 18.1 Å². The van der Waals surface area contributed by atoms with Crippen molar-refractivity contribution in [2.24, 2.45) is 0 Å². The predicted octanol–water partition coefficient (Wildman–Crippen LogP) is 1.55. The van der Waals surface area contributed by atoms with Gasteiger partial charge < -0.3 is 14.7 Å². The Morgan fingerprint density at radius 3 is 2.90 bits per heavy atom. The molecule has 3 rings (SSSR count). The third kappa shape index (κ3) is 2.52. The number of ether oxygens (including phenoxy) is 1. The summed E-state index contributed by atoms with van der Waals surface area (Å²) in [5.74, 6) is 0.997. The van der Waals surface area contributed by atoms with E-state index in [1.165, 1.54) is 0 Å². The van der Waals surface area contributed by atoms with Crippen LogP contribution in [0.25, 0.3) is 0 Å². The van der Waals surface area contributed by atoms with Crippen molar-refractivity contribution in [3.8, 4) is 0 Å². The van der Waals surface area contributed by atoms with Crippen molar-refractivity contribution < 1.29 is 9.84 Å². The first-order chi connectivity index (χ1) is 9.73. The summed E-state index contributed by atoms with van der Waals surface area (Å²) in [7, 11) is 0. The maximum absolute atomic E-state index is 10.3. The smallest absolute Gasteiger partial charge is 0.132 e. The molecule has 0 aliphatic carbocycles. The van der Waals surface area contributed by atoms with Gasteiger partial charge in [0.25, 0.3) is 0 Å². The highest BCUT2D eigenvalue weighted by molar-refractivity contribution is 5.39. The molecular weight excluding hydrogens is 254 g/mol. The lowest BCUT2D eigenvalue weighted by Gasteiger charge is -2.47. The van der Waals surface area contributed by atoms with Gasteiger partial charge in [-0.1, -0.05) is 6.92 Å². The zero-order valence-corrected chi connectivity index (χ0v) is 12.1. The number of piperidine rings is 1. The van der Waals surface area contributed by atoms with Gasteiger partial charge in [-0.25, -0.2) is 9.97 Å². The summed E-state index contributed by atoms with van der Waals surface area (Å²) in [6.07, 6.45) is 5.85. The molecule has 0 aromatic carbocycles. The van der Waals surface area contributed by atoms with Crippen molar-refractivity contribution in [3.63, 3.8) is 0 Å². The topological polar surface area (TPSA) is 58.5 Å². The average molecular weight is 277 g/mol. The van der Waals surface area contributed by atoms with Crippen molar-refractivity contribution >= 4 is 5.82 Å². The molecule has 5 heteroatoms. The summed E-state index contributed by atoms with van der Waals surface area (Å²) in [6, 6.07) is 2.07. The Morgan fingerprint density at radius 1 is 1.40 bits per heavy atom. The summed E-state index contributed by atoms with van der Waals surface area (Å²) >= 11 is 0. The molecule has 0 saturated carbocycles. The monoisotopic (exact) mass is 277 g/mol. The second-order valence-corrected chi connectivity index (χ2v) is 5.78. The molecule has 2 aliphatic heterocycles. The van der Waals surface area contributed by atoms with Gasteiger partial charge in [-0.05, 0) is 32.1 Å². The van der Waals surface area contributed by atoms with E-state index in [-0.39, 0.29) is 11.7 Å². The number of hydrogen-bond donors (Lipinski definition) is 1. The first-order valence-corrected chi connectivity index (χ1v) is 7.61. The van der Waals surface area contributed by atoms with Crippen LogP contribution in [-0.2, 0) is 11.2 Å². The van der Waals surface area contributed by atoms with Gasteiger partial charge in [-0.15, -0.1) is 0 Å². The zero-order chi connectivity index (χ0) is 14.0. The fraction of sp³-hybridized carbons (Fsp3) is 0.733. The lowest BCUT2D eigenvalue weighted by Crippen LogP contribution is -2.55. The van der Waals surface area contributed by atoms with Crippen molar-refractivity contribution in [1.29, 1.82) is 0 Å². The second-order valence-electron chi connectivity index (χ2n) is 5.78. The first-order valence-electron chi connectivity index (χ1n) is 7.61. The number of rotatable bonds is 2. The molecule has 0 radical (unpaired) electrons. The minimum Gasteiger partial charge on any atom is -0.390 e. The Bertz CT molecular complexity index is 458. The van der Waals surface area contributed by atoms with Gasteiger partial charge >= 0.3 is 0 Å². The molecule has 0 amide bonds. The summed E-state index contributed by atoms with van der Waals surface area (Å²) in [4.78, 5) is 10.9. The third-order valence-corrected chi connectivity index (χ3v) is 4.62. The van der Waals surface area contributed by atoms with Gasteiger partial charge in [0.1, 0.15) is 12.1 Å². The highest BCUT2D eigenvalue weighted by Crippen LogP contribution is 2.36. The van der Waals surface area contributed by atoms with Gasteiger partial charge in [-0.3, -0.25) is 0 Å². The molecule has 2 saturated heterocycles. The van der Waals surface area contributed by atoms with E-state index < -0.39 is 0 Å². The Labute approximate surface area is 120 Å². The Balaban J connectivity index is 1.68. The van der Waals surface area contributed by atoms with Crippen molar-refractivity contribution in [1.82, 2.24) is 9.97 Å². The van der Waals surface area contributed by atoms with Crippen LogP contribution in [0.5, 0.6) is 0 Å². The van der Waals surface area contributed by atoms with Crippen LogP contribution in [0.15, 0.2) is 12.4 Å². The molecule has 1 N–H and O–H groups in total. The van der Waals surface area contributed by atoms with E-state index in [0.29, 0.717) is 0 Å². The van der Waals surface area contributed by atoms with Crippen LogP contribution in [0.4, 0.5) is 5.82 Å². The lowest BCUT2D eigenvalue weighted by molar-refractivity contribution is -0.164. The molecule has 2 fully saturated rings. The molecule has 20 heavy (non-hydrogen) atoms. The number of nitrogens with zero attached hydrogens (tertiary/aromatic N) is 3. The molecule has 3 heterocycles. The Morgan fingerprint density at radius 2 is 2.20 bits per heavy atom. The van der Waals surface area contributed by atoms with Gasteiger partial charge in [0.15, 0.2) is 0 Å². The standard InChI is InChI=1S/C15H23N3O2/c1-2-12-10-14(17-11-16-12)18-7-5-15(6-8-18)13(19)4-3-9-20-15/h10-11,13,19H,2-9H2,1H3/t13-/m0/s1. The van der Waals surface area contributed by atoms with Crippen LogP contribution in [0, 0.1) is 0 Å². The van der Waals surface area contributed by atoms with Crippen LogP contribution >= 0.6 is 0 Å². The van der Waals surface area contributed by atoms with E-state index in [1.54, 1.807) is 6.33 Å². The number of aliphatic hydroxyl groups excluding tert-OH is 1. The molecule has 0 bridgehead atoms. The summed E-state index contributed by atoms with van der Waals surface area (Å²) in [6.45, 7) is 4.66. The highest BCUT2D eigenvalue weighted by Gasteiger charge is 2.43. The molecule has 1 aromatic heterocycles. The molecule has 110 valence electrons. The van der Waals surface area contributed by atoms with Crippen LogP contribution in [0.2, 0.25) is 0 Å². The number of aromatic nitrogens is 2. The van der Waals surface area contributed by atoms with Crippen molar-refractivity contribution in [2.45, 2.75) is 50.7 Å². The van der Waals surface area contributed by atoms with E-state index in [4.69, 9.17) is 4.74 Å². The molecular formula is C15H23N3O2. The maximum Gasteiger partial charge on any atom is 0.132 e. The number of aryl methyl sites for hydroxylation is 1. The second kappa shape index (κ2) is 5.66. The first kappa shape index (κ1) is 13.8. The molecule has 2 aliphatic rings. The highest BCUT2D eigenvalue weighted by atomic mass is 16.5. The molecule has 0 unspecified atom stereocenters. The molecule has 1 aromatic rings. The SMILES string of the molecule is CCc1cc(N2CCC3(CC2)OCCC[C@@H]3O)ncn1. The molecule has 5 nitrogen and oxygen atoms in total. The van der Waals surface area contributed by atoms with E-state index >= 15 is 0 Å². The van der Waals surface area contributed by atoms with Crippen molar-refractivity contribution in [2.75, 3.05) is 24.6 Å². The van der Waals surface area contributed by atoms with E-state index in [1.807, 2.05) is 0 Å². The number of anilines is 1. The zero-order valence-electron chi connectivity index (χ0n) is 12.1. The number of aliphatic hydroxyl groups is 1. The number of hydrogen-bond acceptors (Lipinski definition) is 5. The Hall–Kier alpha value is -1.20. The summed E-state index contributed by atoms with van der Waals surface area (Å²) < 4.78 is 5.94. The fourth-order valence-electron chi connectivity index (χ4n) is 3.26. The van der Waals surface area contributed by atoms with Gasteiger partial charge in [0.2, 0.25) is 0 Å². The van der Waals surface area contributed by atoms with Crippen LogP contribution < -0.4 is 4.90 Å².